The Morgan fingerprint density at radius 2 is 2.06 bits per heavy atom. The van der Waals surface area contributed by atoms with Gasteiger partial charge in [-0.3, -0.25) is 4.68 Å². The maximum absolute atomic E-state index is 14.4. The average molecular weight is 615 g/mol. The van der Waals surface area contributed by atoms with Crippen molar-refractivity contribution in [1.82, 2.24) is 19.4 Å². The summed E-state index contributed by atoms with van der Waals surface area (Å²) in [7, 11) is -0.877. The predicted molar refractivity (Wildman–Crippen MR) is 131 cm³/mol. The highest BCUT2D eigenvalue weighted by molar-refractivity contribution is 14.1. The van der Waals surface area contributed by atoms with Crippen LogP contribution in [0.4, 0.5) is 9.18 Å². The van der Waals surface area contributed by atoms with E-state index in [2.05, 4.69) is 5.10 Å². The van der Waals surface area contributed by atoms with E-state index in [9.17, 15) is 22.7 Å². The van der Waals surface area contributed by atoms with Gasteiger partial charge >= 0.3 is 6.09 Å². The van der Waals surface area contributed by atoms with Gasteiger partial charge < -0.3 is 15.5 Å². The van der Waals surface area contributed by atoms with Gasteiger partial charge in [-0.1, -0.05) is 17.7 Å². The summed E-state index contributed by atoms with van der Waals surface area (Å²) >= 11 is 8.07. The first-order chi connectivity index (χ1) is 15.1. The molecule has 0 saturated heterocycles. The van der Waals surface area contributed by atoms with Crippen LogP contribution in [0, 0.1) is 6.92 Å². The van der Waals surface area contributed by atoms with Crippen molar-refractivity contribution in [1.29, 1.82) is 0 Å². The fraction of sp³-hybridized carbons (Fsp3) is 0.400. The number of nitrogens with zero attached hydrogens (tertiary/aromatic N) is 3. The number of halogens is 3. The second kappa shape index (κ2) is 10.7. The molecule has 2 rings (SSSR count). The number of rotatable bonds is 9. The van der Waals surface area contributed by atoms with E-state index in [0.29, 0.717) is 22.5 Å². The lowest BCUT2D eigenvalue weighted by Gasteiger charge is -2.20. The van der Waals surface area contributed by atoms with E-state index in [-0.39, 0.29) is 29.4 Å². The van der Waals surface area contributed by atoms with Crippen LogP contribution in [0.3, 0.4) is 0 Å². The van der Waals surface area contributed by atoms with Crippen molar-refractivity contribution < 1.29 is 27.8 Å². The van der Waals surface area contributed by atoms with Crippen LogP contribution in [0.5, 0.6) is 0 Å². The number of aliphatic hydroxyl groups is 1. The Balaban J connectivity index is 2.42. The van der Waals surface area contributed by atoms with Crippen molar-refractivity contribution >= 4 is 50.3 Å². The first-order valence-corrected chi connectivity index (χ1v) is 12.5. The third kappa shape index (κ3) is 6.88. The smallest absolute Gasteiger partial charge is 0.404 e. The van der Waals surface area contributed by atoms with Crippen LogP contribution < -0.4 is 5.32 Å². The monoisotopic (exact) mass is 614 g/mol. The van der Waals surface area contributed by atoms with Gasteiger partial charge in [-0.05, 0) is 60.2 Å². The van der Waals surface area contributed by atoms with Gasteiger partial charge in [-0.15, -0.1) is 0 Å². The molecule has 182 valence electrons. The minimum atomic E-state index is -3.71. The number of carbonyl (C=O) groups is 1. The molecule has 1 atom stereocenters. The van der Waals surface area contributed by atoms with Crippen molar-refractivity contribution in [3.63, 3.8) is 0 Å². The number of sulfonamides is 1. The third-order valence-electron chi connectivity index (χ3n) is 4.70. The molecule has 1 aromatic heterocycles. The maximum Gasteiger partial charge on any atom is 0.404 e. The molecule has 0 fully saturated rings. The molecule has 0 spiro atoms. The van der Waals surface area contributed by atoms with Crippen LogP contribution in [-0.4, -0.2) is 59.4 Å². The van der Waals surface area contributed by atoms with E-state index < -0.39 is 25.6 Å². The quantitative estimate of drug-likeness (QED) is 0.294. The fourth-order valence-corrected chi connectivity index (χ4v) is 5.21. The van der Waals surface area contributed by atoms with Crippen molar-refractivity contribution in [3.8, 4) is 0 Å². The van der Waals surface area contributed by atoms with E-state index in [1.807, 2.05) is 27.9 Å². The number of alkyl halides is 1. The first-order valence-electron chi connectivity index (χ1n) is 9.65. The van der Waals surface area contributed by atoms with Crippen molar-refractivity contribution in [2.24, 2.45) is 0 Å². The van der Waals surface area contributed by atoms with Crippen molar-refractivity contribution in [3.05, 3.63) is 57.6 Å². The van der Waals surface area contributed by atoms with E-state index in [4.69, 9.17) is 16.7 Å². The maximum atomic E-state index is 14.4. The van der Waals surface area contributed by atoms with Gasteiger partial charge in [0.1, 0.15) is 10.7 Å². The zero-order valence-corrected chi connectivity index (χ0v) is 22.2. The van der Waals surface area contributed by atoms with Gasteiger partial charge in [0.25, 0.3) is 0 Å². The molecule has 1 unspecified atom stereocenters. The number of hydrogen-bond donors (Lipinski definition) is 3. The summed E-state index contributed by atoms with van der Waals surface area (Å²) in [5.74, 6) is -0.624. The molecule has 33 heavy (non-hydrogen) atoms. The van der Waals surface area contributed by atoms with Crippen LogP contribution in [0.2, 0.25) is 5.02 Å². The van der Waals surface area contributed by atoms with E-state index in [1.165, 1.54) is 31.8 Å². The zero-order chi connectivity index (χ0) is 25.1. The fourth-order valence-electron chi connectivity index (χ4n) is 3.18. The third-order valence-corrected chi connectivity index (χ3v) is 7.51. The summed E-state index contributed by atoms with van der Waals surface area (Å²) in [5.41, 5.74) is 2.25. The molecule has 3 N–H and O–H groups in total. The lowest BCUT2D eigenvalue weighted by Crippen LogP contribution is -2.22. The molecule has 1 aromatic carbocycles. The predicted octanol–water partition coefficient (Wildman–Crippen LogP) is 3.41. The molecule has 9 nitrogen and oxygen atoms in total. The number of nitrogens with one attached hydrogen (secondary N) is 1. The largest absolute Gasteiger partial charge is 0.465 e. The van der Waals surface area contributed by atoms with Crippen molar-refractivity contribution in [2.45, 2.75) is 35.3 Å². The standard InChI is InChI=1S/C20H25ClFIN4O5S/c1-12-15(9-13-5-6-17(16(21)10-13)33(31,32)26(3)4)18(20(2,23)30)27(25-12)11-14(22)7-8-24-19(28)29/h5-7,10,24,30H,8-9,11H2,1-4H3,(H,28,29). The van der Waals surface area contributed by atoms with Gasteiger partial charge in [0.2, 0.25) is 10.0 Å². The van der Waals surface area contributed by atoms with Gasteiger partial charge in [-0.2, -0.15) is 5.10 Å². The van der Waals surface area contributed by atoms with Gasteiger partial charge in [0, 0.05) is 32.6 Å². The van der Waals surface area contributed by atoms with Crippen LogP contribution in [-0.2, 0) is 26.6 Å². The number of carboxylic acid groups (broad SMARTS) is 1. The molecule has 0 radical (unpaired) electrons. The second-order valence-corrected chi connectivity index (χ2v) is 12.2. The summed E-state index contributed by atoms with van der Waals surface area (Å²) in [6.07, 6.45) is 0.0872. The zero-order valence-electron chi connectivity index (χ0n) is 18.4. The molecule has 0 aliphatic rings. The Morgan fingerprint density at radius 3 is 2.58 bits per heavy atom. The van der Waals surface area contributed by atoms with Gasteiger partial charge in [0.15, 0.2) is 3.61 Å². The number of aromatic nitrogens is 2. The summed E-state index contributed by atoms with van der Waals surface area (Å²) in [6, 6.07) is 4.59. The second-order valence-electron chi connectivity index (χ2n) is 7.59. The number of amides is 1. The van der Waals surface area contributed by atoms with Crippen LogP contribution in [0.1, 0.15) is 29.4 Å². The van der Waals surface area contributed by atoms with Gasteiger partial charge in [-0.25, -0.2) is 21.9 Å². The minimum Gasteiger partial charge on any atom is -0.465 e. The lowest BCUT2D eigenvalue weighted by molar-refractivity contribution is 0.166. The molecule has 1 amide bonds. The highest BCUT2D eigenvalue weighted by Gasteiger charge is 2.30. The summed E-state index contributed by atoms with van der Waals surface area (Å²) in [6.45, 7) is 2.76. The SMILES string of the molecule is Cc1nn(CC(F)=CCNC(=O)O)c(C(C)(O)I)c1Cc1ccc(S(=O)(=O)N(C)C)c(Cl)c1. The van der Waals surface area contributed by atoms with E-state index in [1.54, 1.807) is 19.1 Å². The highest BCUT2D eigenvalue weighted by atomic mass is 127. The normalized spacial score (nSPS) is 14.4. The molecule has 13 heteroatoms. The molecule has 0 aliphatic heterocycles. The van der Waals surface area contributed by atoms with Crippen LogP contribution in [0.15, 0.2) is 35.0 Å². The molecule has 0 bridgehead atoms. The Hall–Kier alpha value is -1.74. The number of benzene rings is 1. The summed E-state index contributed by atoms with van der Waals surface area (Å²) < 4.78 is 40.2. The van der Waals surface area contributed by atoms with Gasteiger partial charge in [0.05, 0.1) is 23.0 Å². The Labute approximate surface area is 210 Å². The Morgan fingerprint density at radius 1 is 1.42 bits per heavy atom. The topological polar surface area (TPSA) is 125 Å². The molecule has 2 aromatic rings. The summed E-state index contributed by atoms with van der Waals surface area (Å²) in [5, 5.41) is 25.8. The van der Waals surface area contributed by atoms with Crippen LogP contribution in [0.25, 0.3) is 0 Å². The number of aryl methyl sites for hydroxylation is 1. The van der Waals surface area contributed by atoms with E-state index in [0.717, 1.165) is 10.4 Å². The van der Waals surface area contributed by atoms with E-state index >= 15 is 0 Å². The Bertz CT molecular complexity index is 1180. The molecular weight excluding hydrogens is 590 g/mol. The average Bonchev–Trinajstić information content (AvgIpc) is 2.96. The number of allylic oxidation sites excluding steroid dienone is 1. The summed E-state index contributed by atoms with van der Waals surface area (Å²) in [4.78, 5) is 10.5. The van der Waals surface area contributed by atoms with Crippen molar-refractivity contribution in [2.75, 3.05) is 20.6 Å². The molecule has 0 aliphatic carbocycles. The minimum absolute atomic E-state index is 0.0198. The van der Waals surface area contributed by atoms with Crippen LogP contribution >= 0.6 is 34.2 Å². The highest BCUT2D eigenvalue weighted by Crippen LogP contribution is 2.35. The first kappa shape index (κ1) is 27.5. The molecule has 1 heterocycles. The lowest BCUT2D eigenvalue weighted by atomic mass is 10.0. The molecular formula is C20H25ClFIN4O5S. The Kier molecular flexibility index (Phi) is 8.90. The molecule has 0 saturated carbocycles. The number of hydrogen-bond acceptors (Lipinski definition) is 5.